The standard InChI is InChI=1S/C18H27N5/c1-2-22-10-7-14(12-22)13-23-17(11-15-5-3-8-19-15)21-16-6-4-9-20-18(16)23/h4,6,9,14-15,19H,2-3,5,7-8,10-13H2,1H3. The molecule has 124 valence electrons. The third-order valence-corrected chi connectivity index (χ3v) is 5.43. The van der Waals surface area contributed by atoms with Gasteiger partial charge in [-0.05, 0) is 56.9 Å². The molecule has 2 aliphatic heterocycles. The van der Waals surface area contributed by atoms with Crippen molar-refractivity contribution >= 4 is 11.2 Å². The molecule has 5 nitrogen and oxygen atoms in total. The van der Waals surface area contributed by atoms with E-state index in [0.717, 1.165) is 43.1 Å². The van der Waals surface area contributed by atoms with Gasteiger partial charge in [-0.2, -0.15) is 0 Å². The molecule has 2 aromatic heterocycles. The summed E-state index contributed by atoms with van der Waals surface area (Å²) in [6.45, 7) is 8.08. The Balaban J connectivity index is 1.60. The van der Waals surface area contributed by atoms with Crippen LogP contribution in [0.2, 0.25) is 0 Å². The van der Waals surface area contributed by atoms with Gasteiger partial charge in [-0.25, -0.2) is 9.97 Å². The number of fused-ring (bicyclic) bond motifs is 1. The van der Waals surface area contributed by atoms with Gasteiger partial charge in [0.05, 0.1) is 0 Å². The van der Waals surface area contributed by atoms with E-state index in [4.69, 9.17) is 4.98 Å². The molecule has 1 N–H and O–H groups in total. The van der Waals surface area contributed by atoms with Gasteiger partial charge in [0.15, 0.2) is 5.65 Å². The van der Waals surface area contributed by atoms with E-state index in [2.05, 4.69) is 32.8 Å². The first-order valence-corrected chi connectivity index (χ1v) is 9.09. The van der Waals surface area contributed by atoms with Gasteiger partial charge in [0.2, 0.25) is 0 Å². The topological polar surface area (TPSA) is 46.0 Å². The molecule has 2 fully saturated rings. The van der Waals surface area contributed by atoms with Gasteiger partial charge >= 0.3 is 0 Å². The Morgan fingerprint density at radius 3 is 3.09 bits per heavy atom. The van der Waals surface area contributed by atoms with Crippen LogP contribution in [0.25, 0.3) is 11.2 Å². The Kier molecular flexibility index (Phi) is 4.31. The highest BCUT2D eigenvalue weighted by Crippen LogP contribution is 2.23. The summed E-state index contributed by atoms with van der Waals surface area (Å²) in [5.74, 6) is 1.94. The maximum Gasteiger partial charge on any atom is 0.159 e. The van der Waals surface area contributed by atoms with Gasteiger partial charge in [0.25, 0.3) is 0 Å². The van der Waals surface area contributed by atoms with Crippen molar-refractivity contribution in [3.05, 3.63) is 24.2 Å². The molecule has 0 aromatic carbocycles. The van der Waals surface area contributed by atoms with Crippen LogP contribution < -0.4 is 5.32 Å². The molecule has 0 bridgehead atoms. The van der Waals surface area contributed by atoms with Crippen molar-refractivity contribution in [2.75, 3.05) is 26.2 Å². The average Bonchev–Trinajstić information content (AvgIpc) is 3.30. The molecule has 4 rings (SSSR count). The van der Waals surface area contributed by atoms with E-state index in [9.17, 15) is 0 Å². The summed E-state index contributed by atoms with van der Waals surface area (Å²) in [6, 6.07) is 4.67. The fourth-order valence-electron chi connectivity index (χ4n) is 4.11. The second-order valence-corrected chi connectivity index (χ2v) is 7.03. The molecule has 5 heteroatoms. The van der Waals surface area contributed by atoms with Crippen LogP contribution in [-0.2, 0) is 13.0 Å². The summed E-state index contributed by atoms with van der Waals surface area (Å²) < 4.78 is 2.40. The van der Waals surface area contributed by atoms with Crippen LogP contribution in [0.3, 0.4) is 0 Å². The molecule has 2 aliphatic rings. The lowest BCUT2D eigenvalue weighted by molar-refractivity contribution is 0.332. The minimum Gasteiger partial charge on any atom is -0.314 e. The van der Waals surface area contributed by atoms with Crippen molar-refractivity contribution in [2.45, 2.75) is 45.2 Å². The van der Waals surface area contributed by atoms with Gasteiger partial charge in [-0.1, -0.05) is 6.92 Å². The number of imidazole rings is 1. The Bertz CT molecular complexity index is 658. The predicted molar refractivity (Wildman–Crippen MR) is 92.5 cm³/mol. The number of rotatable bonds is 5. The lowest BCUT2D eigenvalue weighted by Gasteiger charge is -2.17. The highest BCUT2D eigenvalue weighted by molar-refractivity contribution is 5.71. The van der Waals surface area contributed by atoms with Gasteiger partial charge in [-0.3, -0.25) is 0 Å². The molecule has 0 amide bonds. The van der Waals surface area contributed by atoms with E-state index >= 15 is 0 Å². The van der Waals surface area contributed by atoms with E-state index in [-0.39, 0.29) is 0 Å². The van der Waals surface area contributed by atoms with E-state index in [1.54, 1.807) is 0 Å². The van der Waals surface area contributed by atoms with Crippen LogP contribution in [0.5, 0.6) is 0 Å². The summed E-state index contributed by atoms with van der Waals surface area (Å²) in [5.41, 5.74) is 2.11. The summed E-state index contributed by atoms with van der Waals surface area (Å²) >= 11 is 0. The summed E-state index contributed by atoms with van der Waals surface area (Å²) in [4.78, 5) is 12.1. The Morgan fingerprint density at radius 2 is 2.30 bits per heavy atom. The first-order valence-electron chi connectivity index (χ1n) is 9.09. The quantitative estimate of drug-likeness (QED) is 0.918. The van der Waals surface area contributed by atoms with E-state index in [1.807, 2.05) is 12.3 Å². The minimum atomic E-state index is 0.585. The van der Waals surface area contributed by atoms with Crippen molar-refractivity contribution in [1.29, 1.82) is 0 Å². The number of nitrogens with one attached hydrogen (secondary N) is 1. The second kappa shape index (κ2) is 6.57. The number of likely N-dealkylation sites (tertiary alicyclic amines) is 1. The number of nitrogens with zero attached hydrogens (tertiary/aromatic N) is 4. The molecule has 0 aliphatic carbocycles. The minimum absolute atomic E-state index is 0.585. The molecule has 2 atom stereocenters. The molecular weight excluding hydrogens is 286 g/mol. The Hall–Kier alpha value is -1.46. The average molecular weight is 313 g/mol. The third kappa shape index (κ3) is 3.12. The SMILES string of the molecule is CCN1CCC(Cn2c(CC3CCCN3)nc3cccnc32)C1. The second-order valence-electron chi connectivity index (χ2n) is 7.03. The van der Waals surface area contributed by atoms with Crippen molar-refractivity contribution in [2.24, 2.45) is 5.92 Å². The maximum atomic E-state index is 4.90. The van der Waals surface area contributed by atoms with Crippen molar-refractivity contribution in [3.8, 4) is 0 Å². The number of aromatic nitrogens is 3. The van der Waals surface area contributed by atoms with E-state index in [0.29, 0.717) is 6.04 Å². The van der Waals surface area contributed by atoms with Gasteiger partial charge in [0, 0.05) is 31.7 Å². The molecule has 23 heavy (non-hydrogen) atoms. The number of hydrogen-bond donors (Lipinski definition) is 1. The zero-order chi connectivity index (χ0) is 15.6. The smallest absolute Gasteiger partial charge is 0.159 e. The van der Waals surface area contributed by atoms with Gasteiger partial charge in [0.1, 0.15) is 11.3 Å². The van der Waals surface area contributed by atoms with Gasteiger partial charge in [-0.15, -0.1) is 0 Å². The lowest BCUT2D eigenvalue weighted by Crippen LogP contribution is -2.26. The van der Waals surface area contributed by atoms with Gasteiger partial charge < -0.3 is 14.8 Å². The first-order chi connectivity index (χ1) is 11.3. The Labute approximate surface area is 138 Å². The van der Waals surface area contributed by atoms with Crippen LogP contribution in [0.4, 0.5) is 0 Å². The van der Waals surface area contributed by atoms with E-state index in [1.165, 1.54) is 38.2 Å². The molecule has 2 unspecified atom stereocenters. The van der Waals surface area contributed by atoms with Crippen LogP contribution in [0.15, 0.2) is 18.3 Å². The van der Waals surface area contributed by atoms with Crippen LogP contribution >= 0.6 is 0 Å². The third-order valence-electron chi connectivity index (χ3n) is 5.43. The molecule has 0 saturated carbocycles. The number of pyridine rings is 1. The largest absolute Gasteiger partial charge is 0.314 e. The molecule has 2 saturated heterocycles. The normalized spacial score (nSPS) is 25.6. The zero-order valence-electron chi connectivity index (χ0n) is 14.0. The molecule has 0 spiro atoms. The van der Waals surface area contributed by atoms with Crippen molar-refractivity contribution in [3.63, 3.8) is 0 Å². The molecule has 2 aromatic rings. The van der Waals surface area contributed by atoms with Crippen molar-refractivity contribution in [1.82, 2.24) is 24.8 Å². The van der Waals surface area contributed by atoms with Crippen LogP contribution in [-0.4, -0.2) is 51.7 Å². The lowest BCUT2D eigenvalue weighted by atomic mass is 10.1. The fraction of sp³-hybridized carbons (Fsp3) is 0.667. The number of hydrogen-bond acceptors (Lipinski definition) is 4. The monoisotopic (exact) mass is 313 g/mol. The summed E-state index contributed by atoms with van der Waals surface area (Å²) in [5, 5.41) is 3.60. The van der Waals surface area contributed by atoms with Crippen LogP contribution in [0.1, 0.15) is 32.0 Å². The first kappa shape index (κ1) is 15.1. The summed E-state index contributed by atoms with van der Waals surface area (Å²) in [7, 11) is 0. The predicted octanol–water partition coefficient (Wildman–Crippen LogP) is 2.07. The fourth-order valence-corrected chi connectivity index (χ4v) is 4.11. The molecule has 0 radical (unpaired) electrons. The Morgan fingerprint density at radius 1 is 1.35 bits per heavy atom. The summed E-state index contributed by atoms with van der Waals surface area (Å²) in [6.07, 6.45) is 6.77. The maximum absolute atomic E-state index is 4.90. The van der Waals surface area contributed by atoms with Crippen LogP contribution in [0, 0.1) is 5.92 Å². The molecular formula is C18H27N5. The zero-order valence-corrected chi connectivity index (χ0v) is 14.0. The highest BCUT2D eigenvalue weighted by atomic mass is 15.2. The van der Waals surface area contributed by atoms with E-state index < -0.39 is 0 Å². The highest BCUT2D eigenvalue weighted by Gasteiger charge is 2.25. The van der Waals surface area contributed by atoms with Crippen molar-refractivity contribution < 1.29 is 0 Å². The molecule has 4 heterocycles.